The standard InChI is InChI=1S/C53H44BN3O2/c1-53(2)40-27-15-17-29-44(40)55(45-30-18-16-28-41(45)53)39-31-46-50-47(32-39)57(38-25-13-6-14-26-38)52-43(34-49(59-52)36-21-9-4-10-22-36)54(50)42-33-48(35-19-7-3-8-20-35)58-51(42)56(46)37-23-11-5-12-24-37/h3-32,42,48-49,51H,33-34H2,1-2H3. The predicted molar refractivity (Wildman–Crippen MR) is 240 cm³/mol. The highest BCUT2D eigenvalue weighted by molar-refractivity contribution is 6.85. The molecule has 0 spiro atoms. The van der Waals surface area contributed by atoms with E-state index in [1.54, 1.807) is 0 Å². The summed E-state index contributed by atoms with van der Waals surface area (Å²) in [6, 6.07) is 66.1. The van der Waals surface area contributed by atoms with Gasteiger partial charge >= 0.3 is 0 Å². The number of para-hydroxylation sites is 4. The van der Waals surface area contributed by atoms with Crippen molar-refractivity contribution in [3.8, 4) is 0 Å². The molecule has 5 aliphatic heterocycles. The van der Waals surface area contributed by atoms with Crippen molar-refractivity contribution < 1.29 is 9.47 Å². The zero-order valence-electron chi connectivity index (χ0n) is 33.3. The van der Waals surface area contributed by atoms with Gasteiger partial charge in [0.2, 0.25) is 6.71 Å². The van der Waals surface area contributed by atoms with E-state index < -0.39 is 0 Å². The Kier molecular flexibility index (Phi) is 7.77. The number of benzene rings is 7. The molecule has 5 heterocycles. The summed E-state index contributed by atoms with van der Waals surface area (Å²) in [5.41, 5.74) is 15.6. The van der Waals surface area contributed by atoms with E-state index in [4.69, 9.17) is 9.47 Å². The fourth-order valence-electron chi connectivity index (χ4n) is 11.0. The Hall–Kier alpha value is -6.50. The van der Waals surface area contributed by atoms with Crippen LogP contribution in [0.15, 0.2) is 193 Å². The van der Waals surface area contributed by atoms with E-state index in [1.165, 1.54) is 50.3 Å². The number of fused-ring (bicyclic) bond motifs is 5. The topological polar surface area (TPSA) is 28.2 Å². The number of hydrogen-bond acceptors (Lipinski definition) is 5. The molecule has 7 aromatic carbocycles. The minimum Gasteiger partial charge on any atom is -0.471 e. The van der Waals surface area contributed by atoms with Crippen LogP contribution in [-0.2, 0) is 14.9 Å². The summed E-state index contributed by atoms with van der Waals surface area (Å²) in [5.74, 6) is 1.14. The third-order valence-corrected chi connectivity index (χ3v) is 13.6. The summed E-state index contributed by atoms with van der Waals surface area (Å²) >= 11 is 0. The van der Waals surface area contributed by atoms with E-state index in [-0.39, 0.29) is 36.4 Å². The Morgan fingerprint density at radius 2 is 1.05 bits per heavy atom. The van der Waals surface area contributed by atoms with Crippen molar-refractivity contribution in [2.24, 2.45) is 0 Å². The average molecular weight is 766 g/mol. The lowest BCUT2D eigenvalue weighted by Gasteiger charge is -2.48. The van der Waals surface area contributed by atoms with Gasteiger partial charge in [-0.25, -0.2) is 0 Å². The van der Waals surface area contributed by atoms with Gasteiger partial charge in [0.05, 0.1) is 23.2 Å². The molecule has 0 aromatic heterocycles. The van der Waals surface area contributed by atoms with Crippen molar-refractivity contribution in [1.29, 1.82) is 0 Å². The van der Waals surface area contributed by atoms with Crippen molar-refractivity contribution in [2.45, 2.75) is 56.4 Å². The maximum absolute atomic E-state index is 7.40. The van der Waals surface area contributed by atoms with Crippen molar-refractivity contribution in [3.63, 3.8) is 0 Å². The molecule has 12 rings (SSSR count). The van der Waals surface area contributed by atoms with Gasteiger partial charge in [-0.2, -0.15) is 0 Å². The molecule has 5 nitrogen and oxygen atoms in total. The van der Waals surface area contributed by atoms with Crippen LogP contribution in [0.3, 0.4) is 0 Å². The van der Waals surface area contributed by atoms with Crippen molar-refractivity contribution in [3.05, 3.63) is 216 Å². The van der Waals surface area contributed by atoms with Gasteiger partial charge in [0.15, 0.2) is 5.88 Å². The van der Waals surface area contributed by atoms with Gasteiger partial charge in [-0.15, -0.1) is 0 Å². The molecular weight excluding hydrogens is 721 g/mol. The Morgan fingerprint density at radius 1 is 0.525 bits per heavy atom. The highest BCUT2D eigenvalue weighted by Crippen LogP contribution is 2.59. The van der Waals surface area contributed by atoms with Gasteiger partial charge in [-0.05, 0) is 94.0 Å². The molecule has 7 aromatic rings. The van der Waals surface area contributed by atoms with Gasteiger partial charge in [0.1, 0.15) is 12.3 Å². The maximum Gasteiger partial charge on any atom is 0.224 e. The molecule has 1 saturated heterocycles. The lowest BCUT2D eigenvalue weighted by Crippen LogP contribution is -2.56. The summed E-state index contributed by atoms with van der Waals surface area (Å²) in [6.45, 7) is 4.80. The average Bonchev–Trinajstić information content (AvgIpc) is 3.94. The summed E-state index contributed by atoms with van der Waals surface area (Å²) in [4.78, 5) is 7.45. The van der Waals surface area contributed by atoms with E-state index >= 15 is 0 Å². The van der Waals surface area contributed by atoms with Crippen LogP contribution in [0.1, 0.15) is 61.2 Å². The molecule has 4 atom stereocenters. The third-order valence-electron chi connectivity index (χ3n) is 13.6. The van der Waals surface area contributed by atoms with Gasteiger partial charge in [0, 0.05) is 34.6 Å². The number of anilines is 7. The van der Waals surface area contributed by atoms with Crippen molar-refractivity contribution in [1.82, 2.24) is 0 Å². The van der Waals surface area contributed by atoms with Crippen molar-refractivity contribution >= 4 is 52.0 Å². The zero-order valence-corrected chi connectivity index (χ0v) is 33.3. The molecule has 0 aliphatic carbocycles. The predicted octanol–water partition coefficient (Wildman–Crippen LogP) is 12.6. The van der Waals surface area contributed by atoms with Crippen LogP contribution in [0.5, 0.6) is 0 Å². The lowest BCUT2D eigenvalue weighted by atomic mass is 9.29. The van der Waals surface area contributed by atoms with Gasteiger partial charge < -0.3 is 19.3 Å². The Morgan fingerprint density at radius 3 is 1.68 bits per heavy atom. The van der Waals surface area contributed by atoms with E-state index in [0.29, 0.717) is 0 Å². The smallest absolute Gasteiger partial charge is 0.224 e. The highest BCUT2D eigenvalue weighted by atomic mass is 16.5. The molecule has 4 unspecified atom stereocenters. The monoisotopic (exact) mass is 765 g/mol. The van der Waals surface area contributed by atoms with Crippen LogP contribution >= 0.6 is 0 Å². The number of ether oxygens (including phenoxy) is 2. The summed E-state index contributed by atoms with van der Waals surface area (Å²) < 4.78 is 14.7. The molecule has 1 fully saturated rings. The number of hydrogen-bond donors (Lipinski definition) is 0. The second-order valence-electron chi connectivity index (χ2n) is 17.1. The van der Waals surface area contributed by atoms with Crippen LogP contribution in [0.4, 0.5) is 39.8 Å². The molecule has 0 saturated carbocycles. The Balaban J connectivity index is 1.15. The molecule has 0 N–H and O–H groups in total. The first kappa shape index (κ1) is 34.5. The minimum absolute atomic E-state index is 0.0406. The first-order chi connectivity index (χ1) is 29.0. The quantitative estimate of drug-likeness (QED) is 0.163. The molecule has 0 amide bonds. The minimum atomic E-state index is -0.198. The molecule has 5 aliphatic rings. The maximum atomic E-state index is 7.40. The molecular formula is C53H44BN3O2. The molecule has 0 bridgehead atoms. The van der Waals surface area contributed by atoms with Crippen LogP contribution in [0.25, 0.3) is 0 Å². The lowest BCUT2D eigenvalue weighted by molar-refractivity contribution is 0.0481. The third kappa shape index (κ3) is 5.22. The summed E-state index contributed by atoms with van der Waals surface area (Å²) in [7, 11) is 0. The van der Waals surface area contributed by atoms with Gasteiger partial charge in [-0.1, -0.05) is 147 Å². The highest BCUT2D eigenvalue weighted by Gasteiger charge is 2.57. The molecule has 59 heavy (non-hydrogen) atoms. The molecule has 6 heteroatoms. The van der Waals surface area contributed by atoms with Gasteiger partial charge in [-0.3, -0.25) is 4.90 Å². The molecule has 286 valence electrons. The largest absolute Gasteiger partial charge is 0.471 e. The fourth-order valence-corrected chi connectivity index (χ4v) is 11.0. The molecule has 0 radical (unpaired) electrons. The fraction of sp³-hybridized carbons (Fsp3) is 0.170. The number of nitrogens with zero attached hydrogens (tertiary/aromatic N) is 3. The van der Waals surface area contributed by atoms with Gasteiger partial charge in [0.25, 0.3) is 0 Å². The second kappa shape index (κ2) is 13.3. The SMILES string of the molecule is CC1(C)c2ccccc2N(c2cc3c4c(c2)N(c2ccccc2)C2OC(c5ccccc5)CC2B4C2=C(OC(c4ccccc4)C2)N3c2ccccc2)c2ccccc21. The van der Waals surface area contributed by atoms with E-state index in [9.17, 15) is 0 Å². The van der Waals surface area contributed by atoms with E-state index in [2.05, 4.69) is 211 Å². The Labute approximate surface area is 346 Å². The Bertz CT molecular complexity index is 2710. The second-order valence-corrected chi connectivity index (χ2v) is 17.1. The van der Waals surface area contributed by atoms with Crippen LogP contribution in [0.2, 0.25) is 5.82 Å². The number of rotatable bonds is 5. The zero-order chi connectivity index (χ0) is 39.2. The van der Waals surface area contributed by atoms with E-state index in [0.717, 1.165) is 41.5 Å². The first-order valence-corrected chi connectivity index (χ1v) is 21.1. The van der Waals surface area contributed by atoms with E-state index in [1.807, 2.05) is 0 Å². The van der Waals surface area contributed by atoms with Crippen LogP contribution < -0.4 is 20.2 Å². The van der Waals surface area contributed by atoms with Crippen LogP contribution in [-0.4, -0.2) is 12.9 Å². The van der Waals surface area contributed by atoms with Crippen LogP contribution in [0, 0.1) is 0 Å². The summed E-state index contributed by atoms with van der Waals surface area (Å²) in [6.07, 6.45) is 1.40. The van der Waals surface area contributed by atoms with Crippen molar-refractivity contribution in [2.75, 3.05) is 14.7 Å². The normalized spacial score (nSPS) is 21.9. The first-order valence-electron chi connectivity index (χ1n) is 21.1. The summed E-state index contributed by atoms with van der Waals surface area (Å²) in [5, 5.41) is 0.